The molecule has 2 amide bonds. The van der Waals surface area contributed by atoms with Crippen LogP contribution in [0.5, 0.6) is 0 Å². The molecule has 1 heterocycles. The minimum Gasteiger partial charge on any atom is -0.315 e. The van der Waals surface area contributed by atoms with Crippen LogP contribution in [0, 0.1) is 5.92 Å². The number of benzene rings is 1. The predicted octanol–water partition coefficient (Wildman–Crippen LogP) is 1.85. The van der Waals surface area contributed by atoms with Crippen LogP contribution < -0.4 is 10.3 Å². The molecule has 1 saturated carbocycles. The van der Waals surface area contributed by atoms with Gasteiger partial charge in [-0.15, -0.1) is 0 Å². The van der Waals surface area contributed by atoms with Crippen molar-refractivity contribution in [1.29, 1.82) is 0 Å². The van der Waals surface area contributed by atoms with Crippen molar-refractivity contribution in [2.24, 2.45) is 11.0 Å². The van der Waals surface area contributed by atoms with Crippen LogP contribution in [0.2, 0.25) is 0 Å². The van der Waals surface area contributed by atoms with Crippen LogP contribution in [-0.2, 0) is 16.0 Å². The molecular weight excluding hydrogens is 266 g/mol. The van der Waals surface area contributed by atoms with Crippen LogP contribution >= 0.6 is 0 Å². The molecule has 0 radical (unpaired) electrons. The summed E-state index contributed by atoms with van der Waals surface area (Å²) in [5, 5.41) is 4.26. The lowest BCUT2D eigenvalue weighted by Gasteiger charge is -2.11. The Morgan fingerprint density at radius 3 is 2.86 bits per heavy atom. The molecular formula is C16H19N3O2. The number of nitrogens with one attached hydrogen (secondary N) is 1. The second kappa shape index (κ2) is 5.31. The zero-order valence-corrected chi connectivity index (χ0v) is 12.3. The molecule has 0 unspecified atom stereocenters. The highest BCUT2D eigenvalue weighted by Crippen LogP contribution is 2.29. The second-order valence-corrected chi connectivity index (χ2v) is 5.64. The monoisotopic (exact) mass is 285 g/mol. The van der Waals surface area contributed by atoms with Crippen LogP contribution in [0.3, 0.4) is 0 Å². The number of carbonyl (C=O) groups is 2. The topological polar surface area (TPSA) is 61.8 Å². The number of nitrogens with zero attached hydrogens (tertiary/aromatic N) is 2. The Hall–Kier alpha value is -2.17. The van der Waals surface area contributed by atoms with Crippen molar-refractivity contribution in [3.05, 3.63) is 29.3 Å². The fourth-order valence-electron chi connectivity index (χ4n) is 2.56. The van der Waals surface area contributed by atoms with Gasteiger partial charge in [-0.25, -0.2) is 5.43 Å². The van der Waals surface area contributed by atoms with Gasteiger partial charge in [0.1, 0.15) is 0 Å². The molecule has 5 nitrogen and oxygen atoms in total. The van der Waals surface area contributed by atoms with Crippen molar-refractivity contribution in [3.8, 4) is 0 Å². The van der Waals surface area contributed by atoms with Crippen LogP contribution in [0.15, 0.2) is 23.3 Å². The number of amides is 2. The lowest BCUT2D eigenvalue weighted by Crippen LogP contribution is -2.21. The number of hydrazone groups is 1. The van der Waals surface area contributed by atoms with Crippen molar-refractivity contribution in [2.75, 3.05) is 11.9 Å². The molecule has 1 fully saturated rings. The van der Waals surface area contributed by atoms with Gasteiger partial charge in [0.05, 0.1) is 12.1 Å². The SMILES string of the molecule is CC/C(=N\NC(=O)C1CC1)c1ccc2c(c1)CC(=O)N2C. The third kappa shape index (κ3) is 2.68. The van der Waals surface area contributed by atoms with E-state index in [9.17, 15) is 9.59 Å². The van der Waals surface area contributed by atoms with Crippen molar-refractivity contribution >= 4 is 23.2 Å². The van der Waals surface area contributed by atoms with Crippen molar-refractivity contribution < 1.29 is 9.59 Å². The first-order valence-electron chi connectivity index (χ1n) is 7.36. The zero-order valence-electron chi connectivity index (χ0n) is 12.3. The molecule has 1 aromatic rings. The van der Waals surface area contributed by atoms with Gasteiger partial charge < -0.3 is 4.90 Å². The molecule has 0 bridgehead atoms. The lowest BCUT2D eigenvalue weighted by atomic mass is 10.0. The highest BCUT2D eigenvalue weighted by atomic mass is 16.2. The van der Waals surface area contributed by atoms with E-state index in [1.54, 1.807) is 11.9 Å². The third-order valence-electron chi connectivity index (χ3n) is 4.07. The Morgan fingerprint density at radius 2 is 2.19 bits per heavy atom. The Bertz CT molecular complexity index is 632. The fraction of sp³-hybridized carbons (Fsp3) is 0.438. The fourth-order valence-corrected chi connectivity index (χ4v) is 2.56. The smallest absolute Gasteiger partial charge is 0.243 e. The first kappa shape index (κ1) is 13.8. The molecule has 110 valence electrons. The summed E-state index contributed by atoms with van der Waals surface area (Å²) in [6.07, 6.45) is 3.10. The number of hydrogen-bond donors (Lipinski definition) is 1. The number of carbonyl (C=O) groups excluding carboxylic acids is 2. The van der Waals surface area contributed by atoms with Gasteiger partial charge in [0.25, 0.3) is 0 Å². The second-order valence-electron chi connectivity index (χ2n) is 5.64. The molecule has 1 aliphatic carbocycles. The van der Waals surface area contributed by atoms with E-state index in [0.29, 0.717) is 6.42 Å². The maximum absolute atomic E-state index is 11.7. The van der Waals surface area contributed by atoms with E-state index < -0.39 is 0 Å². The number of rotatable bonds is 4. The zero-order chi connectivity index (χ0) is 15.0. The Kier molecular flexibility index (Phi) is 3.49. The van der Waals surface area contributed by atoms with Gasteiger partial charge in [0.15, 0.2) is 0 Å². The van der Waals surface area contributed by atoms with Crippen LogP contribution in [0.4, 0.5) is 5.69 Å². The quantitative estimate of drug-likeness (QED) is 0.678. The van der Waals surface area contributed by atoms with Gasteiger partial charge in [-0.3, -0.25) is 9.59 Å². The van der Waals surface area contributed by atoms with Gasteiger partial charge in [-0.2, -0.15) is 5.10 Å². The van der Waals surface area contributed by atoms with E-state index in [0.717, 1.165) is 41.8 Å². The molecule has 0 atom stereocenters. The number of anilines is 1. The minimum absolute atomic E-state index is 0.0111. The summed E-state index contributed by atoms with van der Waals surface area (Å²) >= 11 is 0. The Morgan fingerprint density at radius 1 is 1.43 bits per heavy atom. The summed E-state index contributed by atoms with van der Waals surface area (Å²) in [7, 11) is 1.79. The van der Waals surface area contributed by atoms with E-state index in [1.807, 2.05) is 25.1 Å². The molecule has 0 spiro atoms. The molecule has 3 rings (SSSR count). The molecule has 1 aromatic carbocycles. The van der Waals surface area contributed by atoms with E-state index in [4.69, 9.17) is 0 Å². The summed E-state index contributed by atoms with van der Waals surface area (Å²) in [6, 6.07) is 5.91. The molecule has 0 aromatic heterocycles. The maximum atomic E-state index is 11.7. The van der Waals surface area contributed by atoms with Gasteiger partial charge in [-0.1, -0.05) is 13.0 Å². The third-order valence-corrected chi connectivity index (χ3v) is 4.07. The highest BCUT2D eigenvalue weighted by Gasteiger charge is 2.29. The predicted molar refractivity (Wildman–Crippen MR) is 81.3 cm³/mol. The molecule has 1 N–H and O–H groups in total. The van der Waals surface area contributed by atoms with E-state index in [2.05, 4.69) is 10.5 Å². The van der Waals surface area contributed by atoms with E-state index in [1.165, 1.54) is 0 Å². The molecule has 0 saturated heterocycles. The molecule has 1 aliphatic heterocycles. The molecule has 5 heteroatoms. The van der Waals surface area contributed by atoms with Crippen LogP contribution in [-0.4, -0.2) is 24.6 Å². The summed E-state index contributed by atoms with van der Waals surface area (Å²) in [6.45, 7) is 2.01. The highest BCUT2D eigenvalue weighted by molar-refractivity contribution is 6.05. The minimum atomic E-state index is 0.0111. The summed E-state index contributed by atoms with van der Waals surface area (Å²) in [5.41, 5.74) is 6.44. The van der Waals surface area contributed by atoms with Gasteiger partial charge >= 0.3 is 0 Å². The summed E-state index contributed by atoms with van der Waals surface area (Å²) < 4.78 is 0. The summed E-state index contributed by atoms with van der Waals surface area (Å²) in [4.78, 5) is 25.1. The summed E-state index contributed by atoms with van der Waals surface area (Å²) in [5.74, 6) is 0.273. The largest absolute Gasteiger partial charge is 0.315 e. The maximum Gasteiger partial charge on any atom is 0.243 e. The Balaban J connectivity index is 1.81. The lowest BCUT2D eigenvalue weighted by molar-refractivity contribution is -0.122. The molecule has 21 heavy (non-hydrogen) atoms. The van der Waals surface area contributed by atoms with E-state index >= 15 is 0 Å². The number of hydrogen-bond acceptors (Lipinski definition) is 3. The average Bonchev–Trinajstić information content (AvgIpc) is 3.28. The first-order valence-corrected chi connectivity index (χ1v) is 7.36. The number of likely N-dealkylation sites (N-methyl/N-ethyl adjacent to an activating group) is 1. The van der Waals surface area contributed by atoms with Gasteiger partial charge in [0, 0.05) is 18.7 Å². The normalized spacial score (nSPS) is 17.9. The average molecular weight is 285 g/mol. The molecule has 2 aliphatic rings. The standard InChI is InChI=1S/C16H19N3O2/c1-3-13(17-18-16(21)10-4-5-10)11-6-7-14-12(8-11)9-15(20)19(14)2/h6-8,10H,3-5,9H2,1-2H3,(H,18,21)/b17-13+. The van der Waals surface area contributed by atoms with Gasteiger partial charge in [-0.05, 0) is 42.5 Å². The Labute approximate surface area is 124 Å². The first-order chi connectivity index (χ1) is 10.1. The van der Waals surface area contributed by atoms with Crippen molar-refractivity contribution in [2.45, 2.75) is 32.6 Å². The van der Waals surface area contributed by atoms with E-state index in [-0.39, 0.29) is 17.7 Å². The van der Waals surface area contributed by atoms with Gasteiger partial charge in [0.2, 0.25) is 11.8 Å². The number of fused-ring (bicyclic) bond motifs is 1. The van der Waals surface area contributed by atoms with Crippen molar-refractivity contribution in [1.82, 2.24) is 5.43 Å². The van der Waals surface area contributed by atoms with Crippen LogP contribution in [0.1, 0.15) is 37.3 Å². The van der Waals surface area contributed by atoms with Crippen molar-refractivity contribution in [3.63, 3.8) is 0 Å². The van der Waals surface area contributed by atoms with Crippen LogP contribution in [0.25, 0.3) is 0 Å².